The molecule has 1 unspecified atom stereocenters. The van der Waals surface area contributed by atoms with Gasteiger partial charge in [-0.3, -0.25) is 0 Å². The third-order valence-electron chi connectivity index (χ3n) is 3.73. The lowest BCUT2D eigenvalue weighted by molar-refractivity contribution is 0.230. The molecule has 0 fully saturated rings. The molecule has 0 aromatic heterocycles. The van der Waals surface area contributed by atoms with E-state index in [4.69, 9.17) is 15.2 Å². The molecule has 1 rings (SSSR count). The highest BCUT2D eigenvalue weighted by atomic mass is 16.5. The Morgan fingerprint density at radius 3 is 2.55 bits per heavy atom. The Labute approximate surface area is 123 Å². The monoisotopic (exact) mass is 279 g/mol. The van der Waals surface area contributed by atoms with E-state index in [-0.39, 0.29) is 6.04 Å². The molecule has 0 heterocycles. The summed E-state index contributed by atoms with van der Waals surface area (Å²) in [6.45, 7) is 7.18. The zero-order chi connectivity index (χ0) is 15.0. The summed E-state index contributed by atoms with van der Waals surface area (Å²) in [5.74, 6) is 2.28. The number of unbranched alkanes of at least 4 members (excludes halogenated alkanes) is 1. The van der Waals surface area contributed by atoms with Crippen molar-refractivity contribution in [3.05, 3.63) is 23.8 Å². The molecule has 1 aromatic carbocycles. The number of methoxy groups -OCH3 is 1. The predicted octanol–water partition coefficient (Wildman–Crippen LogP) is 4.31. The van der Waals surface area contributed by atoms with E-state index in [2.05, 4.69) is 13.8 Å². The third kappa shape index (κ3) is 5.04. The lowest BCUT2D eigenvalue weighted by Gasteiger charge is -2.19. The van der Waals surface area contributed by atoms with Gasteiger partial charge in [0.05, 0.1) is 13.7 Å². The molecule has 114 valence electrons. The Morgan fingerprint density at radius 1 is 1.25 bits per heavy atom. The van der Waals surface area contributed by atoms with Gasteiger partial charge in [0.15, 0.2) is 0 Å². The Morgan fingerprint density at radius 2 is 2.00 bits per heavy atom. The fourth-order valence-corrected chi connectivity index (χ4v) is 2.25. The first-order valence-corrected chi connectivity index (χ1v) is 7.68. The molecule has 0 radical (unpaired) electrons. The molecule has 0 saturated heterocycles. The molecule has 3 nitrogen and oxygen atoms in total. The number of hydrogen-bond acceptors (Lipinski definition) is 3. The van der Waals surface area contributed by atoms with Crippen LogP contribution in [0.25, 0.3) is 0 Å². The van der Waals surface area contributed by atoms with E-state index in [1.807, 2.05) is 25.1 Å². The quantitative estimate of drug-likeness (QED) is 0.732. The third-order valence-corrected chi connectivity index (χ3v) is 3.73. The molecule has 0 spiro atoms. The van der Waals surface area contributed by atoms with Crippen molar-refractivity contribution in [3.8, 4) is 11.5 Å². The Balaban J connectivity index is 2.73. The van der Waals surface area contributed by atoms with Crippen LogP contribution in [0, 0.1) is 5.92 Å². The topological polar surface area (TPSA) is 44.5 Å². The highest BCUT2D eigenvalue weighted by molar-refractivity contribution is 5.42. The van der Waals surface area contributed by atoms with Gasteiger partial charge in [0.1, 0.15) is 11.5 Å². The molecule has 0 aliphatic heterocycles. The van der Waals surface area contributed by atoms with Crippen LogP contribution >= 0.6 is 0 Å². The van der Waals surface area contributed by atoms with E-state index in [9.17, 15) is 0 Å². The second kappa shape index (κ2) is 8.85. The molecule has 2 atom stereocenters. The van der Waals surface area contributed by atoms with Crippen LogP contribution < -0.4 is 15.2 Å². The summed E-state index contributed by atoms with van der Waals surface area (Å²) in [7, 11) is 1.67. The van der Waals surface area contributed by atoms with Gasteiger partial charge in [0, 0.05) is 17.7 Å². The number of rotatable bonds is 9. The van der Waals surface area contributed by atoms with Crippen LogP contribution in [0.4, 0.5) is 0 Å². The fraction of sp³-hybridized carbons (Fsp3) is 0.647. The molecule has 1 aromatic rings. The maximum atomic E-state index is 6.03. The van der Waals surface area contributed by atoms with Gasteiger partial charge in [-0.05, 0) is 25.3 Å². The molecule has 0 bridgehead atoms. The lowest BCUT2D eigenvalue weighted by atomic mass is 10.0. The first-order chi connectivity index (χ1) is 9.62. The van der Waals surface area contributed by atoms with Crippen molar-refractivity contribution < 1.29 is 9.47 Å². The SMILES string of the molecule is CCCCC(CC)COc1cc(OC)ccc1[C@@H](C)N. The lowest BCUT2D eigenvalue weighted by Crippen LogP contribution is -2.14. The van der Waals surface area contributed by atoms with Crippen LogP contribution in [0.3, 0.4) is 0 Å². The molecule has 0 amide bonds. The average Bonchev–Trinajstić information content (AvgIpc) is 2.47. The molecular weight excluding hydrogens is 250 g/mol. The van der Waals surface area contributed by atoms with Crippen LogP contribution in [-0.4, -0.2) is 13.7 Å². The van der Waals surface area contributed by atoms with Crippen LogP contribution in [-0.2, 0) is 0 Å². The zero-order valence-electron chi connectivity index (χ0n) is 13.3. The fourth-order valence-electron chi connectivity index (χ4n) is 2.25. The number of nitrogens with two attached hydrogens (primary N) is 1. The van der Waals surface area contributed by atoms with Gasteiger partial charge in [-0.25, -0.2) is 0 Å². The molecule has 2 N–H and O–H groups in total. The summed E-state index contributed by atoms with van der Waals surface area (Å²) in [6, 6.07) is 5.82. The van der Waals surface area contributed by atoms with E-state index in [0.717, 1.165) is 30.1 Å². The average molecular weight is 279 g/mol. The minimum absolute atomic E-state index is 0.0355. The Hall–Kier alpha value is -1.22. The van der Waals surface area contributed by atoms with Crippen molar-refractivity contribution in [2.45, 2.75) is 52.5 Å². The van der Waals surface area contributed by atoms with E-state index >= 15 is 0 Å². The highest BCUT2D eigenvalue weighted by Crippen LogP contribution is 2.29. The van der Waals surface area contributed by atoms with Crippen LogP contribution in [0.5, 0.6) is 11.5 Å². The maximum absolute atomic E-state index is 6.03. The van der Waals surface area contributed by atoms with Gasteiger partial charge < -0.3 is 15.2 Å². The van der Waals surface area contributed by atoms with Gasteiger partial charge >= 0.3 is 0 Å². The number of ether oxygens (including phenoxy) is 2. The van der Waals surface area contributed by atoms with Gasteiger partial charge in [-0.15, -0.1) is 0 Å². The number of hydrogen-bond donors (Lipinski definition) is 1. The summed E-state index contributed by atoms with van der Waals surface area (Å²) < 4.78 is 11.3. The van der Waals surface area contributed by atoms with Crippen molar-refractivity contribution in [1.29, 1.82) is 0 Å². The molecule has 0 saturated carbocycles. The van der Waals surface area contributed by atoms with E-state index in [1.54, 1.807) is 7.11 Å². The minimum Gasteiger partial charge on any atom is -0.497 e. The standard InChI is InChI=1S/C17H29NO2/c1-5-7-8-14(6-2)12-20-17-11-15(19-4)9-10-16(17)13(3)18/h9-11,13-14H,5-8,12,18H2,1-4H3/t13-,14?/m1/s1. The van der Waals surface area contributed by atoms with E-state index in [1.165, 1.54) is 19.3 Å². The van der Waals surface area contributed by atoms with Crippen molar-refractivity contribution in [3.63, 3.8) is 0 Å². The highest BCUT2D eigenvalue weighted by Gasteiger charge is 2.12. The van der Waals surface area contributed by atoms with Crippen molar-refractivity contribution in [1.82, 2.24) is 0 Å². The second-order valence-electron chi connectivity index (χ2n) is 5.42. The summed E-state index contributed by atoms with van der Waals surface area (Å²) in [5, 5.41) is 0. The van der Waals surface area contributed by atoms with Crippen LogP contribution in [0.2, 0.25) is 0 Å². The van der Waals surface area contributed by atoms with Crippen molar-refractivity contribution >= 4 is 0 Å². The van der Waals surface area contributed by atoms with Gasteiger partial charge in [-0.1, -0.05) is 39.2 Å². The second-order valence-corrected chi connectivity index (χ2v) is 5.42. The van der Waals surface area contributed by atoms with Gasteiger partial charge in [-0.2, -0.15) is 0 Å². The molecule has 3 heteroatoms. The van der Waals surface area contributed by atoms with Crippen LogP contribution in [0.15, 0.2) is 18.2 Å². The minimum atomic E-state index is -0.0355. The summed E-state index contributed by atoms with van der Waals surface area (Å²) in [6.07, 6.45) is 4.88. The predicted molar refractivity (Wildman–Crippen MR) is 84.4 cm³/mol. The van der Waals surface area contributed by atoms with Crippen molar-refractivity contribution in [2.75, 3.05) is 13.7 Å². The maximum Gasteiger partial charge on any atom is 0.127 e. The Bertz CT molecular complexity index is 391. The molecule has 0 aliphatic rings. The molecule has 20 heavy (non-hydrogen) atoms. The smallest absolute Gasteiger partial charge is 0.127 e. The molecular formula is C17H29NO2. The normalized spacial score (nSPS) is 13.8. The first-order valence-electron chi connectivity index (χ1n) is 7.68. The summed E-state index contributed by atoms with van der Waals surface area (Å²) in [4.78, 5) is 0. The summed E-state index contributed by atoms with van der Waals surface area (Å²) in [5.41, 5.74) is 7.04. The van der Waals surface area contributed by atoms with E-state index < -0.39 is 0 Å². The Kier molecular flexibility index (Phi) is 7.45. The van der Waals surface area contributed by atoms with Crippen LogP contribution in [0.1, 0.15) is 58.1 Å². The zero-order valence-corrected chi connectivity index (χ0v) is 13.3. The largest absolute Gasteiger partial charge is 0.497 e. The van der Waals surface area contributed by atoms with Gasteiger partial charge in [0.2, 0.25) is 0 Å². The van der Waals surface area contributed by atoms with Gasteiger partial charge in [0.25, 0.3) is 0 Å². The summed E-state index contributed by atoms with van der Waals surface area (Å²) >= 11 is 0. The van der Waals surface area contributed by atoms with E-state index in [0.29, 0.717) is 5.92 Å². The first kappa shape index (κ1) is 16.8. The number of benzene rings is 1. The molecule has 0 aliphatic carbocycles. The van der Waals surface area contributed by atoms with Crippen molar-refractivity contribution in [2.24, 2.45) is 11.7 Å².